The lowest BCUT2D eigenvalue weighted by atomic mass is 9.89. The fourth-order valence-electron chi connectivity index (χ4n) is 2.73. The molecule has 0 aliphatic carbocycles. The highest BCUT2D eigenvalue weighted by molar-refractivity contribution is 6.32. The van der Waals surface area contributed by atoms with Gasteiger partial charge in [0.15, 0.2) is 0 Å². The monoisotopic (exact) mass is 297 g/mol. The number of hydrogen-bond donors (Lipinski definition) is 1. The van der Waals surface area contributed by atoms with Gasteiger partial charge in [-0.25, -0.2) is 0 Å². The van der Waals surface area contributed by atoms with Gasteiger partial charge in [-0.2, -0.15) is 0 Å². The Bertz CT molecular complexity index is 450. The first-order chi connectivity index (χ1) is 9.45. The van der Waals surface area contributed by atoms with Gasteiger partial charge < -0.3 is 14.7 Å². The zero-order valence-corrected chi connectivity index (χ0v) is 13.2. The van der Waals surface area contributed by atoms with Crippen molar-refractivity contribution < 1.29 is 9.84 Å². The molecule has 1 aliphatic rings. The van der Waals surface area contributed by atoms with Gasteiger partial charge in [-0.1, -0.05) is 17.7 Å². The summed E-state index contributed by atoms with van der Waals surface area (Å²) in [6.45, 7) is 5.87. The molecule has 0 radical (unpaired) electrons. The highest BCUT2D eigenvalue weighted by Gasteiger charge is 2.26. The van der Waals surface area contributed by atoms with Crippen LogP contribution in [-0.2, 0) is 6.42 Å². The zero-order chi connectivity index (χ0) is 14.7. The molecule has 4 heteroatoms. The van der Waals surface area contributed by atoms with Crippen LogP contribution in [0, 0.1) is 5.92 Å². The number of halogens is 1. The molecule has 2 rings (SSSR count). The third-order valence-electron chi connectivity index (χ3n) is 3.75. The molecule has 1 heterocycles. The van der Waals surface area contributed by atoms with Crippen LogP contribution in [0.25, 0.3) is 0 Å². The van der Waals surface area contributed by atoms with Gasteiger partial charge >= 0.3 is 0 Å². The molecule has 2 unspecified atom stereocenters. The third-order valence-corrected chi connectivity index (χ3v) is 4.05. The maximum absolute atomic E-state index is 10.1. The van der Waals surface area contributed by atoms with Crippen molar-refractivity contribution in [1.29, 1.82) is 0 Å². The summed E-state index contributed by atoms with van der Waals surface area (Å²) in [5, 5.41) is 10.8. The van der Waals surface area contributed by atoms with E-state index in [4.69, 9.17) is 16.3 Å². The van der Waals surface area contributed by atoms with Crippen LogP contribution in [0.3, 0.4) is 0 Å². The van der Waals surface area contributed by atoms with E-state index in [1.807, 2.05) is 32.0 Å². The van der Waals surface area contributed by atoms with Crippen LogP contribution in [0.4, 0.5) is 0 Å². The van der Waals surface area contributed by atoms with Gasteiger partial charge in [0, 0.05) is 19.0 Å². The van der Waals surface area contributed by atoms with Crippen LogP contribution in [0.5, 0.6) is 5.75 Å². The molecule has 0 saturated carbocycles. The highest BCUT2D eigenvalue weighted by Crippen LogP contribution is 2.28. The van der Waals surface area contributed by atoms with E-state index in [0.29, 0.717) is 5.02 Å². The zero-order valence-electron chi connectivity index (χ0n) is 12.5. The summed E-state index contributed by atoms with van der Waals surface area (Å²) < 4.78 is 5.64. The summed E-state index contributed by atoms with van der Waals surface area (Å²) >= 11 is 6.26. The maximum Gasteiger partial charge on any atom is 0.138 e. The van der Waals surface area contributed by atoms with Gasteiger partial charge in [0.05, 0.1) is 17.2 Å². The fraction of sp³-hybridized carbons (Fsp3) is 0.625. The molecule has 20 heavy (non-hydrogen) atoms. The lowest BCUT2D eigenvalue weighted by Gasteiger charge is -2.34. The average Bonchev–Trinajstić information content (AvgIpc) is 2.37. The summed E-state index contributed by atoms with van der Waals surface area (Å²) in [5.74, 6) is 1.01. The first-order valence-electron chi connectivity index (χ1n) is 7.27. The summed E-state index contributed by atoms with van der Waals surface area (Å²) in [6.07, 6.45) is 1.61. The van der Waals surface area contributed by atoms with Crippen LogP contribution in [0.1, 0.15) is 25.8 Å². The maximum atomic E-state index is 10.1. The van der Waals surface area contributed by atoms with E-state index in [2.05, 4.69) is 11.9 Å². The molecule has 1 fully saturated rings. The molecule has 0 bridgehead atoms. The molecular weight excluding hydrogens is 274 g/mol. The Morgan fingerprint density at radius 3 is 2.85 bits per heavy atom. The molecule has 1 aromatic rings. The molecule has 112 valence electrons. The summed E-state index contributed by atoms with van der Waals surface area (Å²) in [7, 11) is 2.10. The Morgan fingerprint density at radius 1 is 1.45 bits per heavy atom. The number of aliphatic hydroxyl groups excluding tert-OH is 1. The quantitative estimate of drug-likeness (QED) is 0.927. The molecule has 2 atom stereocenters. The smallest absolute Gasteiger partial charge is 0.138 e. The Balaban J connectivity index is 2.04. The third kappa shape index (κ3) is 4.11. The van der Waals surface area contributed by atoms with Crippen LogP contribution in [0.15, 0.2) is 18.2 Å². The van der Waals surface area contributed by atoms with E-state index in [9.17, 15) is 5.11 Å². The van der Waals surface area contributed by atoms with Gasteiger partial charge in [-0.15, -0.1) is 0 Å². The van der Waals surface area contributed by atoms with E-state index in [0.717, 1.165) is 37.2 Å². The number of benzene rings is 1. The fourth-order valence-corrected chi connectivity index (χ4v) is 2.97. The number of hydrogen-bond acceptors (Lipinski definition) is 3. The number of nitrogens with zero attached hydrogens (tertiary/aromatic N) is 1. The van der Waals surface area contributed by atoms with E-state index in [1.54, 1.807) is 0 Å². The minimum atomic E-state index is -0.212. The number of ether oxygens (including phenoxy) is 1. The second-order valence-electron chi connectivity index (χ2n) is 6.01. The largest absolute Gasteiger partial charge is 0.489 e. The van der Waals surface area contributed by atoms with Gasteiger partial charge in [0.2, 0.25) is 0 Å². The van der Waals surface area contributed by atoms with Crippen LogP contribution in [0.2, 0.25) is 5.02 Å². The van der Waals surface area contributed by atoms with Gasteiger partial charge in [0.1, 0.15) is 5.75 Å². The van der Waals surface area contributed by atoms with E-state index in [-0.39, 0.29) is 18.1 Å². The Morgan fingerprint density at radius 2 is 2.20 bits per heavy atom. The molecule has 0 aromatic heterocycles. The molecule has 0 amide bonds. The lowest BCUT2D eigenvalue weighted by Crippen LogP contribution is -2.41. The Hall–Kier alpha value is -0.770. The number of rotatable bonds is 4. The highest BCUT2D eigenvalue weighted by atomic mass is 35.5. The summed E-state index contributed by atoms with van der Waals surface area (Å²) in [4.78, 5) is 2.27. The van der Waals surface area contributed by atoms with Crippen LogP contribution >= 0.6 is 11.6 Å². The van der Waals surface area contributed by atoms with Gasteiger partial charge in [0.25, 0.3) is 0 Å². The lowest BCUT2D eigenvalue weighted by molar-refractivity contribution is 0.0366. The summed E-state index contributed by atoms with van der Waals surface area (Å²) in [6, 6.07) is 5.93. The van der Waals surface area contributed by atoms with Crippen LogP contribution in [-0.4, -0.2) is 42.4 Å². The minimum absolute atomic E-state index is 0.118. The predicted octanol–water partition coefficient (Wildman–Crippen LogP) is 2.98. The molecule has 3 nitrogen and oxygen atoms in total. The minimum Gasteiger partial charge on any atom is -0.489 e. The van der Waals surface area contributed by atoms with Crippen molar-refractivity contribution in [3.63, 3.8) is 0 Å². The van der Waals surface area contributed by atoms with Crippen molar-refractivity contribution in [2.45, 2.75) is 38.9 Å². The molecule has 0 spiro atoms. The molecule has 1 aliphatic heterocycles. The number of piperidine rings is 1. The van der Waals surface area contributed by atoms with Crippen LogP contribution < -0.4 is 4.74 Å². The normalized spacial score (nSPS) is 24.1. The van der Waals surface area contributed by atoms with Crippen molar-refractivity contribution in [3.8, 4) is 5.75 Å². The predicted molar refractivity (Wildman–Crippen MR) is 82.5 cm³/mol. The van der Waals surface area contributed by atoms with Crippen molar-refractivity contribution in [2.24, 2.45) is 5.92 Å². The van der Waals surface area contributed by atoms with Crippen molar-refractivity contribution in [1.82, 2.24) is 4.90 Å². The molecular formula is C16H24ClNO2. The van der Waals surface area contributed by atoms with Crippen molar-refractivity contribution in [2.75, 3.05) is 20.1 Å². The number of aliphatic hydroxyl groups is 1. The van der Waals surface area contributed by atoms with Gasteiger partial charge in [-0.05, 0) is 51.4 Å². The average molecular weight is 298 g/mol. The van der Waals surface area contributed by atoms with Crippen molar-refractivity contribution >= 4 is 11.6 Å². The molecule has 1 aromatic carbocycles. The summed E-state index contributed by atoms with van der Waals surface area (Å²) in [5.41, 5.74) is 1.16. The molecule has 1 N–H and O–H groups in total. The Labute approximate surface area is 126 Å². The number of likely N-dealkylation sites (tertiary alicyclic amines) is 1. The topological polar surface area (TPSA) is 32.7 Å². The second kappa shape index (κ2) is 6.79. The van der Waals surface area contributed by atoms with Gasteiger partial charge in [-0.3, -0.25) is 0 Å². The van der Waals surface area contributed by atoms with E-state index >= 15 is 0 Å². The Kier molecular flexibility index (Phi) is 5.30. The SMILES string of the molecule is CC(C)Oc1ccc(CC2CN(C)CCC2O)cc1Cl. The van der Waals surface area contributed by atoms with E-state index < -0.39 is 0 Å². The second-order valence-corrected chi connectivity index (χ2v) is 6.42. The van der Waals surface area contributed by atoms with Crippen molar-refractivity contribution in [3.05, 3.63) is 28.8 Å². The first kappa shape index (κ1) is 15.6. The molecule has 1 saturated heterocycles. The standard InChI is InChI=1S/C16H24ClNO2/c1-11(2)20-16-5-4-12(9-14(16)17)8-13-10-18(3)7-6-15(13)19/h4-5,9,11,13,15,19H,6-8,10H2,1-3H3. The van der Waals surface area contributed by atoms with E-state index in [1.165, 1.54) is 0 Å². The first-order valence-corrected chi connectivity index (χ1v) is 7.65.